The molecular weight excluding hydrogens is 256 g/mol. The summed E-state index contributed by atoms with van der Waals surface area (Å²) < 4.78 is 0. The average Bonchev–Trinajstić information content (AvgIpc) is 2.95. The third kappa shape index (κ3) is 1.91. The highest BCUT2D eigenvalue weighted by atomic mass is 15.2. The molecule has 4 rings (SSSR count). The van der Waals surface area contributed by atoms with Crippen molar-refractivity contribution in [1.82, 2.24) is 10.2 Å². The summed E-state index contributed by atoms with van der Waals surface area (Å²) in [5.74, 6) is 1.68. The van der Waals surface area contributed by atoms with Gasteiger partial charge in [0.1, 0.15) is 0 Å². The van der Waals surface area contributed by atoms with Crippen LogP contribution in [-0.2, 0) is 0 Å². The van der Waals surface area contributed by atoms with Gasteiger partial charge in [-0.2, -0.15) is 0 Å². The van der Waals surface area contributed by atoms with Gasteiger partial charge in [0.2, 0.25) is 0 Å². The molecule has 1 N–H and O–H groups in total. The molecular formula is C19H28N2. The van der Waals surface area contributed by atoms with Gasteiger partial charge in [0, 0.05) is 24.7 Å². The fourth-order valence-corrected chi connectivity index (χ4v) is 5.15. The van der Waals surface area contributed by atoms with Crippen molar-refractivity contribution in [3.8, 4) is 0 Å². The highest BCUT2D eigenvalue weighted by Gasteiger charge is 2.49. The molecule has 0 saturated heterocycles. The maximum atomic E-state index is 3.59. The Morgan fingerprint density at radius 3 is 2.81 bits per heavy atom. The fourth-order valence-electron chi connectivity index (χ4n) is 5.15. The van der Waals surface area contributed by atoms with Gasteiger partial charge >= 0.3 is 0 Å². The molecule has 2 aliphatic carbocycles. The highest BCUT2D eigenvalue weighted by Crippen LogP contribution is 2.53. The van der Waals surface area contributed by atoms with Crippen LogP contribution in [-0.4, -0.2) is 24.0 Å². The summed E-state index contributed by atoms with van der Waals surface area (Å²) in [6.07, 6.45) is 12.0. The summed E-state index contributed by atoms with van der Waals surface area (Å²) in [4.78, 5) is 2.62. The third-order valence-electron chi connectivity index (χ3n) is 6.40. The molecule has 1 fully saturated rings. The second-order valence-electron chi connectivity index (χ2n) is 8.45. The van der Waals surface area contributed by atoms with E-state index in [2.05, 4.69) is 56.4 Å². The van der Waals surface area contributed by atoms with Gasteiger partial charge in [-0.05, 0) is 60.4 Å². The molecule has 0 spiro atoms. The van der Waals surface area contributed by atoms with Crippen LogP contribution in [0.25, 0.3) is 0 Å². The first kappa shape index (κ1) is 13.5. The normalized spacial score (nSPS) is 37.9. The van der Waals surface area contributed by atoms with Crippen LogP contribution in [0.1, 0.15) is 46.5 Å². The smallest absolute Gasteiger partial charge is 0.0877 e. The number of nitrogens with zero attached hydrogens (tertiary/aromatic N) is 1. The third-order valence-corrected chi connectivity index (χ3v) is 6.40. The Balaban J connectivity index is 1.64. The molecule has 0 bridgehead atoms. The van der Waals surface area contributed by atoms with Crippen LogP contribution in [0.3, 0.4) is 0 Å². The summed E-state index contributed by atoms with van der Waals surface area (Å²) >= 11 is 0. The average molecular weight is 284 g/mol. The Hall–Kier alpha value is -1.18. The van der Waals surface area contributed by atoms with Gasteiger partial charge in [0.05, 0.1) is 6.04 Å². The summed E-state index contributed by atoms with van der Waals surface area (Å²) in [6, 6.07) is 1.23. The van der Waals surface area contributed by atoms with Crippen molar-refractivity contribution in [2.75, 3.05) is 7.05 Å². The van der Waals surface area contributed by atoms with Gasteiger partial charge in [0.15, 0.2) is 0 Å². The van der Waals surface area contributed by atoms with E-state index in [9.17, 15) is 0 Å². The molecule has 2 heterocycles. The van der Waals surface area contributed by atoms with Crippen molar-refractivity contribution in [1.29, 1.82) is 0 Å². The molecule has 1 saturated carbocycles. The molecule has 2 nitrogen and oxygen atoms in total. The van der Waals surface area contributed by atoms with Crippen molar-refractivity contribution in [2.45, 2.75) is 58.5 Å². The number of hydrogen-bond donors (Lipinski definition) is 1. The van der Waals surface area contributed by atoms with Crippen LogP contribution in [0.4, 0.5) is 0 Å². The number of likely N-dealkylation sites (tertiary alicyclic amines) is 1. The summed E-state index contributed by atoms with van der Waals surface area (Å²) in [5, 5.41) is 3.59. The SMILES string of the molecule is CN1C2=C(CC3=CC=CNC32)C2C[C@H](C(C)(C)C)CCC21. The largest absolute Gasteiger partial charge is 0.379 e. The summed E-state index contributed by atoms with van der Waals surface area (Å²) in [6.45, 7) is 7.27. The monoisotopic (exact) mass is 284 g/mol. The van der Waals surface area contributed by atoms with E-state index < -0.39 is 0 Å². The number of allylic oxidation sites excluding steroid dienone is 2. The van der Waals surface area contributed by atoms with Crippen LogP contribution in [0.2, 0.25) is 0 Å². The van der Waals surface area contributed by atoms with Crippen molar-refractivity contribution >= 4 is 0 Å². The quantitative estimate of drug-likeness (QED) is 0.727. The standard InChI is InChI=1S/C19H28N2/c1-19(2,3)13-7-8-16-14(11-13)15-10-12-6-5-9-20-17(12)18(15)21(16)4/h5-6,9,13-14,16-17,20H,7-8,10-11H2,1-4H3/t13-,14?,16?,17?/m1/s1. The number of hydrogen-bond acceptors (Lipinski definition) is 2. The first-order valence-electron chi connectivity index (χ1n) is 8.54. The topological polar surface area (TPSA) is 15.3 Å². The van der Waals surface area contributed by atoms with Crippen molar-refractivity contribution < 1.29 is 0 Å². The van der Waals surface area contributed by atoms with Crippen LogP contribution in [0.5, 0.6) is 0 Å². The zero-order valence-electron chi connectivity index (χ0n) is 13.8. The Morgan fingerprint density at radius 2 is 2.05 bits per heavy atom. The van der Waals surface area contributed by atoms with Gasteiger partial charge in [-0.1, -0.05) is 26.8 Å². The van der Waals surface area contributed by atoms with E-state index in [4.69, 9.17) is 0 Å². The van der Waals surface area contributed by atoms with E-state index in [1.165, 1.54) is 25.7 Å². The van der Waals surface area contributed by atoms with E-state index in [1.54, 1.807) is 16.8 Å². The number of fused-ring (bicyclic) bond motifs is 4. The van der Waals surface area contributed by atoms with Gasteiger partial charge in [-0.25, -0.2) is 0 Å². The lowest BCUT2D eigenvalue weighted by atomic mass is 9.66. The van der Waals surface area contributed by atoms with Gasteiger partial charge in [-0.15, -0.1) is 0 Å². The van der Waals surface area contributed by atoms with Crippen LogP contribution in [0, 0.1) is 17.3 Å². The predicted molar refractivity (Wildman–Crippen MR) is 87.6 cm³/mol. The Bertz CT molecular complexity index is 546. The molecule has 0 aromatic heterocycles. The Morgan fingerprint density at radius 1 is 1.24 bits per heavy atom. The molecule has 21 heavy (non-hydrogen) atoms. The lowest BCUT2D eigenvalue weighted by molar-refractivity contribution is 0.104. The Kier molecular flexibility index (Phi) is 2.83. The van der Waals surface area contributed by atoms with Crippen LogP contribution < -0.4 is 5.32 Å². The highest BCUT2D eigenvalue weighted by molar-refractivity contribution is 5.48. The molecule has 2 aliphatic heterocycles. The molecule has 3 unspecified atom stereocenters. The number of nitrogens with one attached hydrogen (secondary N) is 1. The molecule has 2 heteroatoms. The second kappa shape index (κ2) is 4.41. The minimum absolute atomic E-state index is 0.456. The molecule has 4 atom stereocenters. The lowest BCUT2D eigenvalue weighted by Gasteiger charge is -2.43. The van der Waals surface area contributed by atoms with Crippen molar-refractivity contribution in [3.05, 3.63) is 35.2 Å². The maximum absolute atomic E-state index is 3.59. The van der Waals surface area contributed by atoms with Gasteiger partial charge in [-0.3, -0.25) is 0 Å². The number of rotatable bonds is 0. The first-order chi connectivity index (χ1) is 9.97. The predicted octanol–water partition coefficient (Wildman–Crippen LogP) is 3.83. The van der Waals surface area contributed by atoms with Crippen molar-refractivity contribution in [2.24, 2.45) is 17.3 Å². The minimum atomic E-state index is 0.456. The van der Waals surface area contributed by atoms with E-state index in [0.717, 1.165) is 17.9 Å². The lowest BCUT2D eigenvalue weighted by Crippen LogP contribution is -2.42. The first-order valence-corrected chi connectivity index (χ1v) is 8.54. The summed E-state index contributed by atoms with van der Waals surface area (Å²) in [7, 11) is 2.33. The van der Waals surface area contributed by atoms with E-state index >= 15 is 0 Å². The second-order valence-corrected chi connectivity index (χ2v) is 8.45. The zero-order valence-corrected chi connectivity index (χ0v) is 13.8. The van der Waals surface area contributed by atoms with Gasteiger partial charge < -0.3 is 10.2 Å². The fraction of sp³-hybridized carbons (Fsp3) is 0.684. The maximum Gasteiger partial charge on any atom is 0.0877 e. The molecule has 0 amide bonds. The molecule has 4 aliphatic rings. The van der Waals surface area contributed by atoms with E-state index in [0.29, 0.717) is 11.5 Å². The van der Waals surface area contributed by atoms with Crippen molar-refractivity contribution in [3.63, 3.8) is 0 Å². The minimum Gasteiger partial charge on any atom is -0.379 e. The molecule has 0 radical (unpaired) electrons. The van der Waals surface area contributed by atoms with Gasteiger partial charge in [0.25, 0.3) is 0 Å². The van der Waals surface area contributed by atoms with E-state index in [1.807, 2.05) is 0 Å². The van der Waals surface area contributed by atoms with E-state index in [-0.39, 0.29) is 0 Å². The molecule has 0 aromatic rings. The zero-order chi connectivity index (χ0) is 14.8. The van der Waals surface area contributed by atoms with Crippen LogP contribution in [0.15, 0.2) is 35.2 Å². The number of dihydropyridines is 1. The summed E-state index contributed by atoms with van der Waals surface area (Å²) in [5.41, 5.74) is 5.39. The number of likely N-dealkylation sites (N-methyl/N-ethyl adjacent to an activating group) is 1. The Labute approximate surface area is 129 Å². The molecule has 114 valence electrons. The van der Waals surface area contributed by atoms with Crippen LogP contribution >= 0.6 is 0 Å². The molecule has 0 aromatic carbocycles.